The van der Waals surface area contributed by atoms with Crippen LogP contribution < -0.4 is 5.73 Å². The molecule has 0 spiro atoms. The van der Waals surface area contributed by atoms with Gasteiger partial charge in [0.15, 0.2) is 5.65 Å². The number of nitrogens with two attached hydrogens (primary N) is 1. The number of pyridine rings is 1. The molecule has 2 rings (SSSR count). The molecule has 0 aliphatic carbocycles. The molecule has 0 aromatic carbocycles. The smallest absolute Gasteiger partial charge is 0.160 e. The first-order chi connectivity index (χ1) is 6.33. The molecule has 0 saturated carbocycles. The summed E-state index contributed by atoms with van der Waals surface area (Å²) in [6.45, 7) is 2.64. The van der Waals surface area contributed by atoms with Crippen LogP contribution in [0.1, 0.15) is 18.7 Å². The van der Waals surface area contributed by atoms with Crippen LogP contribution in [-0.2, 0) is 0 Å². The molecule has 1 unspecified atom stereocenters. The van der Waals surface area contributed by atoms with Gasteiger partial charge in [0, 0.05) is 18.7 Å². The summed E-state index contributed by atoms with van der Waals surface area (Å²) in [6.07, 6.45) is 1.96. The van der Waals surface area contributed by atoms with E-state index in [4.69, 9.17) is 5.73 Å². The predicted octanol–water partition coefficient (Wildman–Crippen LogP) is 0.792. The van der Waals surface area contributed by atoms with E-state index in [0.29, 0.717) is 6.54 Å². The molecule has 2 heterocycles. The lowest BCUT2D eigenvalue weighted by Gasteiger charge is -2.04. The van der Waals surface area contributed by atoms with E-state index < -0.39 is 0 Å². The van der Waals surface area contributed by atoms with E-state index in [9.17, 15) is 0 Å². The first-order valence-corrected chi connectivity index (χ1v) is 4.32. The fraction of sp³-hybridized carbons (Fsp3) is 0.333. The zero-order chi connectivity index (χ0) is 9.26. The van der Waals surface area contributed by atoms with Crippen LogP contribution in [0, 0.1) is 0 Å². The lowest BCUT2D eigenvalue weighted by molar-refractivity contribution is 0.701. The van der Waals surface area contributed by atoms with Crippen LogP contribution in [-0.4, -0.2) is 21.1 Å². The minimum atomic E-state index is 0.248. The second-order valence-electron chi connectivity index (χ2n) is 3.12. The number of fused-ring (bicyclic) bond motifs is 1. The predicted molar refractivity (Wildman–Crippen MR) is 50.5 cm³/mol. The number of nitrogens with zero attached hydrogens (tertiary/aromatic N) is 3. The molecule has 0 aliphatic heterocycles. The largest absolute Gasteiger partial charge is 0.330 e. The second-order valence-corrected chi connectivity index (χ2v) is 3.12. The van der Waals surface area contributed by atoms with Crippen LogP contribution >= 0.6 is 0 Å². The second kappa shape index (κ2) is 3.14. The molecule has 0 saturated heterocycles. The molecule has 0 amide bonds. The standard InChI is InChI=1S/C9H12N4/c1-7(6-10)9-12-11-8-4-2-3-5-13(8)9/h2-5,7H,6,10H2,1H3. The van der Waals surface area contributed by atoms with E-state index in [1.54, 1.807) is 0 Å². The van der Waals surface area contributed by atoms with Gasteiger partial charge in [0.25, 0.3) is 0 Å². The van der Waals surface area contributed by atoms with E-state index in [-0.39, 0.29) is 5.92 Å². The zero-order valence-corrected chi connectivity index (χ0v) is 7.51. The molecule has 0 radical (unpaired) electrons. The van der Waals surface area contributed by atoms with Crippen molar-refractivity contribution in [2.45, 2.75) is 12.8 Å². The number of aromatic nitrogens is 3. The summed E-state index contributed by atoms with van der Waals surface area (Å²) in [4.78, 5) is 0. The highest BCUT2D eigenvalue weighted by Crippen LogP contribution is 2.12. The molecule has 2 aromatic heterocycles. The third-order valence-electron chi connectivity index (χ3n) is 2.13. The van der Waals surface area contributed by atoms with Crippen molar-refractivity contribution >= 4 is 5.65 Å². The Balaban J connectivity index is 2.57. The van der Waals surface area contributed by atoms with Gasteiger partial charge in [-0.2, -0.15) is 0 Å². The Bertz CT molecular complexity index is 407. The number of hydrogen-bond donors (Lipinski definition) is 1. The maximum absolute atomic E-state index is 5.57. The van der Waals surface area contributed by atoms with Crippen LogP contribution in [0.2, 0.25) is 0 Å². The van der Waals surface area contributed by atoms with Crippen molar-refractivity contribution in [1.29, 1.82) is 0 Å². The highest BCUT2D eigenvalue weighted by Gasteiger charge is 2.10. The van der Waals surface area contributed by atoms with Gasteiger partial charge in [-0.25, -0.2) is 0 Å². The molecule has 0 bridgehead atoms. The van der Waals surface area contributed by atoms with E-state index in [1.807, 2.05) is 35.7 Å². The molecule has 1 atom stereocenters. The Morgan fingerprint density at radius 3 is 3.08 bits per heavy atom. The van der Waals surface area contributed by atoms with Gasteiger partial charge in [0.2, 0.25) is 0 Å². The average Bonchev–Trinajstić information content (AvgIpc) is 2.60. The maximum Gasteiger partial charge on any atom is 0.160 e. The van der Waals surface area contributed by atoms with Gasteiger partial charge in [-0.3, -0.25) is 4.40 Å². The van der Waals surface area contributed by atoms with Gasteiger partial charge in [-0.15, -0.1) is 10.2 Å². The monoisotopic (exact) mass is 176 g/mol. The van der Waals surface area contributed by atoms with Crippen LogP contribution in [0.4, 0.5) is 0 Å². The summed E-state index contributed by atoms with van der Waals surface area (Å²) < 4.78 is 1.97. The van der Waals surface area contributed by atoms with Crippen molar-refractivity contribution in [3.8, 4) is 0 Å². The first-order valence-electron chi connectivity index (χ1n) is 4.32. The SMILES string of the molecule is CC(CN)c1nnc2ccccn12. The summed E-state index contributed by atoms with van der Waals surface area (Å²) in [5.41, 5.74) is 6.45. The van der Waals surface area contributed by atoms with E-state index in [0.717, 1.165) is 11.5 Å². The molecule has 2 N–H and O–H groups in total. The van der Waals surface area contributed by atoms with Crippen LogP contribution in [0.25, 0.3) is 5.65 Å². The fourth-order valence-corrected chi connectivity index (χ4v) is 1.30. The molecule has 0 aliphatic rings. The minimum Gasteiger partial charge on any atom is -0.330 e. The van der Waals surface area contributed by atoms with E-state index >= 15 is 0 Å². The highest BCUT2D eigenvalue weighted by molar-refractivity contribution is 5.37. The molecular formula is C9H12N4. The van der Waals surface area contributed by atoms with E-state index in [2.05, 4.69) is 10.2 Å². The lowest BCUT2D eigenvalue weighted by atomic mass is 10.2. The summed E-state index contributed by atoms with van der Waals surface area (Å²) in [6, 6.07) is 5.84. The minimum absolute atomic E-state index is 0.248. The first kappa shape index (κ1) is 8.19. The Morgan fingerprint density at radius 1 is 1.46 bits per heavy atom. The molecule has 13 heavy (non-hydrogen) atoms. The zero-order valence-electron chi connectivity index (χ0n) is 7.51. The molecule has 0 fully saturated rings. The van der Waals surface area contributed by atoms with Gasteiger partial charge in [-0.1, -0.05) is 13.0 Å². The summed E-state index contributed by atoms with van der Waals surface area (Å²) in [7, 11) is 0. The third kappa shape index (κ3) is 1.29. The van der Waals surface area contributed by atoms with Gasteiger partial charge < -0.3 is 5.73 Å². The van der Waals surface area contributed by atoms with Gasteiger partial charge in [-0.05, 0) is 12.1 Å². The highest BCUT2D eigenvalue weighted by atomic mass is 15.2. The van der Waals surface area contributed by atoms with Crippen LogP contribution in [0.3, 0.4) is 0 Å². The third-order valence-corrected chi connectivity index (χ3v) is 2.13. The van der Waals surface area contributed by atoms with Crippen molar-refractivity contribution in [3.63, 3.8) is 0 Å². The van der Waals surface area contributed by atoms with Gasteiger partial charge in [0.05, 0.1) is 0 Å². The fourth-order valence-electron chi connectivity index (χ4n) is 1.30. The molecular weight excluding hydrogens is 164 g/mol. The Morgan fingerprint density at radius 2 is 2.31 bits per heavy atom. The molecule has 2 aromatic rings. The van der Waals surface area contributed by atoms with Crippen LogP contribution in [0.5, 0.6) is 0 Å². The lowest BCUT2D eigenvalue weighted by Crippen LogP contribution is -2.11. The number of rotatable bonds is 2. The van der Waals surface area contributed by atoms with Gasteiger partial charge >= 0.3 is 0 Å². The summed E-state index contributed by atoms with van der Waals surface area (Å²) in [5, 5.41) is 8.14. The van der Waals surface area contributed by atoms with Crippen molar-refractivity contribution < 1.29 is 0 Å². The number of hydrogen-bond acceptors (Lipinski definition) is 3. The van der Waals surface area contributed by atoms with Crippen LogP contribution in [0.15, 0.2) is 24.4 Å². The van der Waals surface area contributed by atoms with E-state index in [1.165, 1.54) is 0 Å². The molecule has 4 nitrogen and oxygen atoms in total. The summed E-state index contributed by atoms with van der Waals surface area (Å²) in [5.74, 6) is 1.18. The quantitative estimate of drug-likeness (QED) is 0.736. The summed E-state index contributed by atoms with van der Waals surface area (Å²) >= 11 is 0. The molecule has 68 valence electrons. The Kier molecular flexibility index (Phi) is 1.98. The van der Waals surface area contributed by atoms with Crippen molar-refractivity contribution in [3.05, 3.63) is 30.2 Å². The van der Waals surface area contributed by atoms with Crippen molar-refractivity contribution in [2.75, 3.05) is 6.54 Å². The maximum atomic E-state index is 5.57. The van der Waals surface area contributed by atoms with Crippen molar-refractivity contribution in [2.24, 2.45) is 5.73 Å². The Hall–Kier alpha value is -1.42. The van der Waals surface area contributed by atoms with Gasteiger partial charge in [0.1, 0.15) is 5.82 Å². The topological polar surface area (TPSA) is 56.2 Å². The normalized spacial score (nSPS) is 13.4. The Labute approximate surface area is 76.4 Å². The van der Waals surface area contributed by atoms with Crippen molar-refractivity contribution in [1.82, 2.24) is 14.6 Å². The average molecular weight is 176 g/mol. The molecule has 4 heteroatoms.